The van der Waals surface area contributed by atoms with Gasteiger partial charge in [-0.2, -0.15) is 4.39 Å². The van der Waals surface area contributed by atoms with Gasteiger partial charge in [0.05, 0.1) is 11.3 Å². The van der Waals surface area contributed by atoms with E-state index in [-0.39, 0.29) is 11.7 Å². The van der Waals surface area contributed by atoms with Crippen LogP contribution in [0.3, 0.4) is 0 Å². The lowest BCUT2D eigenvalue weighted by Gasteiger charge is -2.21. The predicted molar refractivity (Wildman–Crippen MR) is 72.6 cm³/mol. The van der Waals surface area contributed by atoms with Gasteiger partial charge >= 0.3 is 0 Å². The van der Waals surface area contributed by atoms with E-state index in [1.165, 1.54) is 18.2 Å². The van der Waals surface area contributed by atoms with Crippen molar-refractivity contribution in [1.29, 1.82) is 0 Å². The largest absolute Gasteiger partial charge is 0.489 e. The van der Waals surface area contributed by atoms with Crippen molar-refractivity contribution in [1.82, 2.24) is 4.98 Å². The Hall–Kier alpha value is -2.63. The number of amides is 1. The van der Waals surface area contributed by atoms with Crippen LogP contribution in [0.25, 0.3) is 0 Å². The SMILES string of the molecule is O=C(Nc1cccc(F)n1)c1cccc2c1OCCN2. The summed E-state index contributed by atoms with van der Waals surface area (Å²) in [6, 6.07) is 9.47. The van der Waals surface area contributed by atoms with Gasteiger partial charge in [0, 0.05) is 6.54 Å². The number of benzene rings is 1. The second-order valence-electron chi connectivity index (χ2n) is 4.26. The number of aromatic nitrogens is 1. The Bertz CT molecular complexity index is 661. The van der Waals surface area contributed by atoms with E-state index in [9.17, 15) is 9.18 Å². The summed E-state index contributed by atoms with van der Waals surface area (Å²) < 4.78 is 18.5. The molecule has 0 aliphatic carbocycles. The molecule has 0 fully saturated rings. The van der Waals surface area contributed by atoms with Gasteiger partial charge in [-0.15, -0.1) is 0 Å². The summed E-state index contributed by atoms with van der Waals surface area (Å²) in [6.45, 7) is 1.19. The molecule has 1 aromatic heterocycles. The van der Waals surface area contributed by atoms with Crippen LogP contribution in [-0.4, -0.2) is 24.0 Å². The maximum absolute atomic E-state index is 13.0. The molecule has 0 spiro atoms. The number of hydrogen-bond donors (Lipinski definition) is 2. The predicted octanol–water partition coefficient (Wildman–Crippen LogP) is 2.28. The molecule has 0 saturated heterocycles. The molecule has 3 rings (SSSR count). The first-order chi connectivity index (χ1) is 9.74. The van der Waals surface area contributed by atoms with Crippen LogP contribution >= 0.6 is 0 Å². The van der Waals surface area contributed by atoms with E-state index in [1.54, 1.807) is 12.1 Å². The molecule has 1 aliphatic heterocycles. The van der Waals surface area contributed by atoms with Gasteiger partial charge in [0.15, 0.2) is 5.75 Å². The topological polar surface area (TPSA) is 63.2 Å². The molecule has 0 radical (unpaired) electrons. The Morgan fingerprint density at radius 2 is 2.15 bits per heavy atom. The van der Waals surface area contributed by atoms with Gasteiger partial charge < -0.3 is 15.4 Å². The van der Waals surface area contributed by atoms with Gasteiger partial charge in [-0.1, -0.05) is 12.1 Å². The number of para-hydroxylation sites is 1. The third kappa shape index (κ3) is 2.40. The molecule has 0 atom stereocenters. The molecular weight excluding hydrogens is 261 g/mol. The number of hydrogen-bond acceptors (Lipinski definition) is 4. The minimum absolute atomic E-state index is 0.163. The summed E-state index contributed by atoms with van der Waals surface area (Å²) in [7, 11) is 0. The highest BCUT2D eigenvalue weighted by molar-refractivity contribution is 6.07. The van der Waals surface area contributed by atoms with Crippen LogP contribution in [0.1, 0.15) is 10.4 Å². The third-order valence-corrected chi connectivity index (χ3v) is 2.88. The van der Waals surface area contributed by atoms with Crippen LogP contribution in [0.5, 0.6) is 5.75 Å². The monoisotopic (exact) mass is 273 g/mol. The highest BCUT2D eigenvalue weighted by Crippen LogP contribution is 2.31. The van der Waals surface area contributed by atoms with E-state index in [2.05, 4.69) is 15.6 Å². The number of anilines is 2. The molecule has 1 aliphatic rings. The molecule has 2 aromatic rings. The van der Waals surface area contributed by atoms with Crippen molar-refractivity contribution in [3.05, 3.63) is 47.9 Å². The Labute approximate surface area is 114 Å². The molecule has 5 nitrogen and oxygen atoms in total. The summed E-state index contributed by atoms with van der Waals surface area (Å²) in [4.78, 5) is 15.8. The standard InChI is InChI=1S/C14H12FN3O2/c15-11-5-2-6-12(17-11)18-14(19)9-3-1-4-10-13(9)20-8-7-16-10/h1-6,16H,7-8H2,(H,17,18,19). The lowest BCUT2D eigenvalue weighted by molar-refractivity contribution is 0.102. The second-order valence-corrected chi connectivity index (χ2v) is 4.26. The van der Waals surface area contributed by atoms with Crippen LogP contribution in [0.2, 0.25) is 0 Å². The van der Waals surface area contributed by atoms with E-state index < -0.39 is 5.95 Å². The van der Waals surface area contributed by atoms with Gasteiger partial charge in [0.1, 0.15) is 12.4 Å². The molecule has 0 bridgehead atoms. The normalized spacial score (nSPS) is 12.8. The average molecular weight is 273 g/mol. The molecule has 6 heteroatoms. The zero-order valence-corrected chi connectivity index (χ0v) is 10.5. The smallest absolute Gasteiger partial charge is 0.260 e. The van der Waals surface area contributed by atoms with E-state index >= 15 is 0 Å². The van der Waals surface area contributed by atoms with Crippen molar-refractivity contribution in [3.63, 3.8) is 0 Å². The minimum Gasteiger partial charge on any atom is -0.489 e. The number of nitrogens with zero attached hydrogens (tertiary/aromatic N) is 1. The quantitative estimate of drug-likeness (QED) is 0.824. The fourth-order valence-corrected chi connectivity index (χ4v) is 2.01. The molecule has 0 saturated carbocycles. The number of carbonyl (C=O) groups is 1. The number of ether oxygens (including phenoxy) is 1. The highest BCUT2D eigenvalue weighted by Gasteiger charge is 2.19. The first kappa shape index (κ1) is 12.4. The molecule has 0 unspecified atom stereocenters. The lowest BCUT2D eigenvalue weighted by Crippen LogP contribution is -2.22. The number of carbonyl (C=O) groups excluding carboxylic acids is 1. The summed E-state index contributed by atoms with van der Waals surface area (Å²) in [5, 5.41) is 5.70. The third-order valence-electron chi connectivity index (χ3n) is 2.88. The van der Waals surface area contributed by atoms with Gasteiger partial charge in [0.2, 0.25) is 5.95 Å². The fraction of sp³-hybridized carbons (Fsp3) is 0.143. The number of rotatable bonds is 2. The first-order valence-electron chi connectivity index (χ1n) is 6.17. The Morgan fingerprint density at radius 1 is 1.30 bits per heavy atom. The summed E-state index contributed by atoms with van der Waals surface area (Å²) in [6.07, 6.45) is 0. The van der Waals surface area contributed by atoms with Crippen molar-refractivity contribution in [2.75, 3.05) is 23.8 Å². The van der Waals surface area contributed by atoms with E-state index in [0.717, 1.165) is 5.69 Å². The molecule has 20 heavy (non-hydrogen) atoms. The Kier molecular flexibility index (Phi) is 3.20. The van der Waals surface area contributed by atoms with Crippen molar-refractivity contribution in [2.24, 2.45) is 0 Å². The first-order valence-corrected chi connectivity index (χ1v) is 6.17. The number of pyridine rings is 1. The summed E-state index contributed by atoms with van der Waals surface area (Å²) in [5.74, 6) is -0.358. The number of nitrogens with one attached hydrogen (secondary N) is 2. The van der Waals surface area contributed by atoms with E-state index in [4.69, 9.17) is 4.74 Å². The zero-order valence-electron chi connectivity index (χ0n) is 10.5. The van der Waals surface area contributed by atoms with Crippen LogP contribution in [0.15, 0.2) is 36.4 Å². The van der Waals surface area contributed by atoms with Crippen molar-refractivity contribution >= 4 is 17.4 Å². The molecule has 2 heterocycles. The maximum Gasteiger partial charge on any atom is 0.260 e. The van der Waals surface area contributed by atoms with Crippen LogP contribution in [-0.2, 0) is 0 Å². The summed E-state index contributed by atoms with van der Waals surface area (Å²) >= 11 is 0. The Morgan fingerprint density at radius 3 is 3.00 bits per heavy atom. The highest BCUT2D eigenvalue weighted by atomic mass is 19.1. The molecule has 2 N–H and O–H groups in total. The minimum atomic E-state index is -0.643. The number of fused-ring (bicyclic) bond motifs is 1. The second kappa shape index (κ2) is 5.16. The fourth-order valence-electron chi connectivity index (χ4n) is 2.01. The Balaban J connectivity index is 1.88. The molecule has 1 aromatic carbocycles. The van der Waals surface area contributed by atoms with Gasteiger partial charge in [-0.25, -0.2) is 4.98 Å². The zero-order chi connectivity index (χ0) is 13.9. The van der Waals surface area contributed by atoms with Crippen molar-refractivity contribution < 1.29 is 13.9 Å². The van der Waals surface area contributed by atoms with Gasteiger partial charge in [-0.05, 0) is 24.3 Å². The van der Waals surface area contributed by atoms with Crippen molar-refractivity contribution in [2.45, 2.75) is 0 Å². The van der Waals surface area contributed by atoms with Crippen LogP contribution in [0, 0.1) is 5.95 Å². The van der Waals surface area contributed by atoms with Gasteiger partial charge in [0.25, 0.3) is 5.91 Å². The lowest BCUT2D eigenvalue weighted by atomic mass is 10.1. The molecular formula is C14H12FN3O2. The molecule has 102 valence electrons. The summed E-state index contributed by atoms with van der Waals surface area (Å²) in [5.41, 5.74) is 1.16. The van der Waals surface area contributed by atoms with Crippen molar-refractivity contribution in [3.8, 4) is 5.75 Å². The molecule has 1 amide bonds. The maximum atomic E-state index is 13.0. The van der Waals surface area contributed by atoms with Gasteiger partial charge in [-0.3, -0.25) is 4.79 Å². The average Bonchev–Trinajstić information content (AvgIpc) is 2.46. The van der Waals surface area contributed by atoms with Crippen LogP contribution < -0.4 is 15.4 Å². The van der Waals surface area contributed by atoms with E-state index in [0.29, 0.717) is 24.5 Å². The number of halogens is 1. The van der Waals surface area contributed by atoms with Crippen LogP contribution in [0.4, 0.5) is 15.9 Å². The van der Waals surface area contributed by atoms with E-state index in [1.807, 2.05) is 6.07 Å².